The van der Waals surface area contributed by atoms with E-state index >= 15 is 0 Å². The van der Waals surface area contributed by atoms with Crippen LogP contribution in [-0.2, 0) is 12.8 Å². The van der Waals surface area contributed by atoms with Crippen molar-refractivity contribution in [3.05, 3.63) is 76.0 Å². The molecule has 1 N–H and O–H groups in total. The van der Waals surface area contributed by atoms with E-state index in [4.69, 9.17) is 0 Å². The highest BCUT2D eigenvalue weighted by Crippen LogP contribution is 2.25. The Morgan fingerprint density at radius 3 is 2.59 bits per heavy atom. The highest BCUT2D eigenvalue weighted by molar-refractivity contribution is 5.98. The molecular weight excluding hydrogens is 332 g/mol. The number of hydrogen-bond acceptors (Lipinski definition) is 2. The van der Waals surface area contributed by atoms with Gasteiger partial charge in [0.25, 0.3) is 5.91 Å². The third kappa shape index (κ3) is 3.59. The molecule has 3 heteroatoms. The number of fused-ring (bicyclic) bond motifs is 2. The van der Waals surface area contributed by atoms with Gasteiger partial charge in [0.05, 0.1) is 22.8 Å². The predicted molar refractivity (Wildman–Crippen MR) is 110 cm³/mol. The number of rotatable bonds is 3. The fourth-order valence-corrected chi connectivity index (χ4v) is 4.00. The van der Waals surface area contributed by atoms with Crippen molar-refractivity contribution in [2.45, 2.75) is 52.5 Å². The van der Waals surface area contributed by atoms with Gasteiger partial charge in [0, 0.05) is 5.39 Å². The molecule has 2 aromatic carbocycles. The van der Waals surface area contributed by atoms with Crippen molar-refractivity contribution in [1.29, 1.82) is 0 Å². The Bertz CT molecular complexity index is 1020. The van der Waals surface area contributed by atoms with Gasteiger partial charge in [-0.25, -0.2) is 0 Å². The highest BCUT2D eigenvalue weighted by Gasteiger charge is 2.17. The minimum atomic E-state index is -0.0615. The minimum absolute atomic E-state index is 0.0302. The maximum atomic E-state index is 12.9. The molecule has 1 atom stereocenters. The Hall–Kier alpha value is -2.68. The summed E-state index contributed by atoms with van der Waals surface area (Å²) in [5.41, 5.74) is 7.59. The van der Waals surface area contributed by atoms with Crippen molar-refractivity contribution in [2.75, 3.05) is 0 Å². The normalized spacial score (nSPS) is 14.6. The van der Waals surface area contributed by atoms with Crippen molar-refractivity contribution >= 4 is 16.8 Å². The number of carbonyl (C=O) groups is 1. The molecule has 4 rings (SSSR count). The SMILES string of the molecule is Cc1ccc2nc(C)c(C(=O)NC(C)c3ccc4c(c3)CCCC4)cc2c1. The van der Waals surface area contributed by atoms with Gasteiger partial charge in [-0.15, -0.1) is 0 Å². The van der Waals surface area contributed by atoms with Crippen molar-refractivity contribution in [3.8, 4) is 0 Å². The number of pyridine rings is 1. The van der Waals surface area contributed by atoms with Gasteiger partial charge in [0.2, 0.25) is 0 Å². The molecule has 1 aliphatic carbocycles. The summed E-state index contributed by atoms with van der Waals surface area (Å²) in [5, 5.41) is 4.17. The van der Waals surface area contributed by atoms with E-state index in [1.165, 1.54) is 41.5 Å². The summed E-state index contributed by atoms with van der Waals surface area (Å²) in [6.07, 6.45) is 4.87. The molecule has 0 fully saturated rings. The lowest BCUT2D eigenvalue weighted by Gasteiger charge is -2.20. The molecule has 3 nitrogen and oxygen atoms in total. The Morgan fingerprint density at radius 2 is 1.78 bits per heavy atom. The molecule has 1 aromatic heterocycles. The molecule has 3 aromatic rings. The number of hydrogen-bond donors (Lipinski definition) is 1. The lowest BCUT2D eigenvalue weighted by molar-refractivity contribution is 0.0939. The smallest absolute Gasteiger partial charge is 0.253 e. The van der Waals surface area contributed by atoms with E-state index in [9.17, 15) is 4.79 Å². The number of benzene rings is 2. The molecule has 138 valence electrons. The van der Waals surface area contributed by atoms with Crippen LogP contribution in [0.2, 0.25) is 0 Å². The molecule has 0 spiro atoms. The molecule has 0 radical (unpaired) electrons. The van der Waals surface area contributed by atoms with Gasteiger partial charge in [-0.2, -0.15) is 0 Å². The Kier molecular flexibility index (Phi) is 4.69. The third-order valence-corrected chi connectivity index (χ3v) is 5.63. The van der Waals surface area contributed by atoms with Gasteiger partial charge >= 0.3 is 0 Å². The van der Waals surface area contributed by atoms with Crippen LogP contribution >= 0.6 is 0 Å². The number of carbonyl (C=O) groups excluding carboxylic acids is 1. The quantitative estimate of drug-likeness (QED) is 0.697. The van der Waals surface area contributed by atoms with Crippen molar-refractivity contribution in [1.82, 2.24) is 10.3 Å². The van der Waals surface area contributed by atoms with Crippen molar-refractivity contribution in [2.24, 2.45) is 0 Å². The predicted octanol–water partition coefficient (Wildman–Crippen LogP) is 5.22. The zero-order valence-electron chi connectivity index (χ0n) is 16.3. The van der Waals surface area contributed by atoms with Crippen LogP contribution in [0.5, 0.6) is 0 Å². The van der Waals surface area contributed by atoms with Crippen molar-refractivity contribution < 1.29 is 4.79 Å². The van der Waals surface area contributed by atoms with Crippen LogP contribution in [-0.4, -0.2) is 10.9 Å². The molecule has 0 bridgehead atoms. The maximum Gasteiger partial charge on any atom is 0.253 e. The first kappa shape index (κ1) is 17.7. The van der Waals surface area contributed by atoms with Crippen LogP contribution in [0.15, 0.2) is 42.5 Å². The Labute approximate surface area is 160 Å². The average Bonchev–Trinajstić information content (AvgIpc) is 2.67. The third-order valence-electron chi connectivity index (χ3n) is 5.63. The molecular formula is C24H26N2O. The fourth-order valence-electron chi connectivity index (χ4n) is 4.00. The molecule has 1 unspecified atom stereocenters. The van der Waals surface area contributed by atoms with E-state index in [2.05, 4.69) is 48.4 Å². The standard InChI is InChI=1S/C24H26N2O/c1-15-8-11-23-21(12-15)14-22(17(3)25-23)24(27)26-16(2)19-10-9-18-6-4-5-7-20(18)13-19/h8-14,16H,4-7H2,1-3H3,(H,26,27). The monoisotopic (exact) mass is 358 g/mol. The number of nitrogens with zero attached hydrogens (tertiary/aromatic N) is 1. The maximum absolute atomic E-state index is 12.9. The van der Waals surface area contributed by atoms with E-state index in [0.29, 0.717) is 5.56 Å². The molecule has 27 heavy (non-hydrogen) atoms. The van der Waals surface area contributed by atoms with E-state index in [1.54, 1.807) is 0 Å². The first-order valence-corrected chi connectivity index (χ1v) is 9.82. The van der Waals surface area contributed by atoms with Crippen LogP contribution in [0, 0.1) is 13.8 Å². The van der Waals surface area contributed by atoms with Crippen LogP contribution in [0.4, 0.5) is 0 Å². The van der Waals surface area contributed by atoms with Crippen LogP contribution in [0.25, 0.3) is 10.9 Å². The lowest BCUT2D eigenvalue weighted by atomic mass is 9.89. The molecule has 0 aliphatic heterocycles. The summed E-state index contributed by atoms with van der Waals surface area (Å²) < 4.78 is 0. The first-order valence-electron chi connectivity index (χ1n) is 9.82. The second kappa shape index (κ2) is 7.15. The van der Waals surface area contributed by atoms with E-state index < -0.39 is 0 Å². The van der Waals surface area contributed by atoms with E-state index in [-0.39, 0.29) is 11.9 Å². The summed E-state index contributed by atoms with van der Waals surface area (Å²) in [5.74, 6) is -0.0615. The van der Waals surface area contributed by atoms with Crippen LogP contribution in [0.1, 0.15) is 64.1 Å². The lowest BCUT2D eigenvalue weighted by Crippen LogP contribution is -2.27. The number of nitrogens with one attached hydrogen (secondary N) is 1. The van der Waals surface area contributed by atoms with Gasteiger partial charge < -0.3 is 5.32 Å². The van der Waals surface area contributed by atoms with Gasteiger partial charge in [-0.1, -0.05) is 29.8 Å². The zero-order chi connectivity index (χ0) is 19.0. The molecule has 1 aliphatic rings. The van der Waals surface area contributed by atoms with Crippen molar-refractivity contribution in [3.63, 3.8) is 0 Å². The minimum Gasteiger partial charge on any atom is -0.345 e. The van der Waals surface area contributed by atoms with Gasteiger partial charge in [-0.05, 0) is 81.3 Å². The summed E-state index contributed by atoms with van der Waals surface area (Å²) in [7, 11) is 0. The molecule has 1 heterocycles. The summed E-state index contributed by atoms with van der Waals surface area (Å²) in [6, 6.07) is 14.7. The van der Waals surface area contributed by atoms with E-state index in [0.717, 1.165) is 23.0 Å². The van der Waals surface area contributed by atoms with Crippen LogP contribution < -0.4 is 5.32 Å². The van der Waals surface area contributed by atoms with Gasteiger partial charge in [0.1, 0.15) is 0 Å². The topological polar surface area (TPSA) is 42.0 Å². The number of aryl methyl sites for hydroxylation is 4. The highest BCUT2D eigenvalue weighted by atomic mass is 16.1. The average molecular weight is 358 g/mol. The van der Waals surface area contributed by atoms with Gasteiger partial charge in [0.15, 0.2) is 0 Å². The van der Waals surface area contributed by atoms with E-state index in [1.807, 2.05) is 25.1 Å². The molecule has 1 amide bonds. The summed E-state index contributed by atoms with van der Waals surface area (Å²) >= 11 is 0. The van der Waals surface area contributed by atoms with Crippen LogP contribution in [0.3, 0.4) is 0 Å². The Morgan fingerprint density at radius 1 is 1.00 bits per heavy atom. The van der Waals surface area contributed by atoms with Gasteiger partial charge in [-0.3, -0.25) is 9.78 Å². The number of amides is 1. The zero-order valence-corrected chi connectivity index (χ0v) is 16.3. The summed E-state index contributed by atoms with van der Waals surface area (Å²) in [4.78, 5) is 17.5. The first-order chi connectivity index (χ1) is 13.0. The number of aromatic nitrogens is 1. The fraction of sp³-hybridized carbons (Fsp3) is 0.333. The summed E-state index contributed by atoms with van der Waals surface area (Å²) in [6.45, 7) is 6.01. The molecule has 0 saturated heterocycles. The molecule has 0 saturated carbocycles. The largest absolute Gasteiger partial charge is 0.345 e. The second-order valence-electron chi connectivity index (χ2n) is 7.75. The Balaban J connectivity index is 1.58. The second-order valence-corrected chi connectivity index (χ2v) is 7.75.